The van der Waals surface area contributed by atoms with Crippen molar-refractivity contribution in [1.29, 1.82) is 0 Å². The second kappa shape index (κ2) is 7.17. The number of methoxy groups -OCH3 is 1. The third-order valence-corrected chi connectivity index (χ3v) is 4.72. The Bertz CT molecular complexity index is 509. The van der Waals surface area contributed by atoms with Crippen LogP contribution in [-0.2, 0) is 6.54 Å². The highest BCUT2D eigenvalue weighted by molar-refractivity contribution is 7.99. The smallest absolute Gasteiger partial charge is 0.237 e. The zero-order chi connectivity index (χ0) is 13.7. The maximum atomic E-state index is 5.35. The van der Waals surface area contributed by atoms with Crippen molar-refractivity contribution in [1.82, 2.24) is 14.7 Å². The third kappa shape index (κ3) is 3.64. The van der Waals surface area contributed by atoms with Crippen LogP contribution >= 0.6 is 23.1 Å². The number of hydrogen-bond donors (Lipinski definition) is 1. The van der Waals surface area contributed by atoms with E-state index in [0.29, 0.717) is 6.04 Å². The van der Waals surface area contributed by atoms with Gasteiger partial charge in [-0.05, 0) is 24.9 Å². The number of aromatic nitrogens is 2. The summed E-state index contributed by atoms with van der Waals surface area (Å²) in [5.41, 5.74) is 1.11. The Morgan fingerprint density at radius 2 is 2.42 bits per heavy atom. The standard InChI is InChI=1S/C13H21N3OS2/c1-4-18-7-5-10(2)14-9-11-12(17-3)15-13-16(11)6-8-19-13/h6,8,10,14H,4-5,7,9H2,1-3H3. The van der Waals surface area contributed by atoms with Crippen LogP contribution in [0.1, 0.15) is 26.0 Å². The van der Waals surface area contributed by atoms with Crippen LogP contribution in [-0.4, -0.2) is 34.0 Å². The zero-order valence-electron chi connectivity index (χ0n) is 11.7. The van der Waals surface area contributed by atoms with Crippen molar-refractivity contribution in [2.45, 2.75) is 32.9 Å². The Hall–Kier alpha value is -0.720. The molecule has 2 aromatic rings. The van der Waals surface area contributed by atoms with Crippen molar-refractivity contribution < 1.29 is 4.74 Å². The summed E-state index contributed by atoms with van der Waals surface area (Å²) in [6, 6.07) is 0.507. The minimum Gasteiger partial charge on any atom is -0.480 e. The largest absolute Gasteiger partial charge is 0.480 e. The molecule has 0 saturated heterocycles. The molecular formula is C13H21N3OS2. The summed E-state index contributed by atoms with van der Waals surface area (Å²) in [6.07, 6.45) is 3.23. The van der Waals surface area contributed by atoms with E-state index < -0.39 is 0 Å². The fourth-order valence-corrected chi connectivity index (χ4v) is 3.45. The normalized spacial score (nSPS) is 13.0. The molecule has 0 radical (unpaired) electrons. The van der Waals surface area contributed by atoms with E-state index >= 15 is 0 Å². The molecule has 0 aromatic carbocycles. The number of hydrogen-bond acceptors (Lipinski definition) is 5. The molecule has 0 aliphatic heterocycles. The van der Waals surface area contributed by atoms with Gasteiger partial charge in [0.2, 0.25) is 5.88 Å². The molecule has 106 valence electrons. The first-order valence-electron chi connectivity index (χ1n) is 6.55. The lowest BCUT2D eigenvalue weighted by Gasteiger charge is -2.13. The maximum Gasteiger partial charge on any atom is 0.237 e. The molecule has 4 nitrogen and oxygen atoms in total. The molecule has 2 heterocycles. The van der Waals surface area contributed by atoms with Crippen molar-refractivity contribution in [3.63, 3.8) is 0 Å². The number of thiazole rings is 1. The van der Waals surface area contributed by atoms with Crippen molar-refractivity contribution in [3.05, 3.63) is 17.3 Å². The van der Waals surface area contributed by atoms with Gasteiger partial charge < -0.3 is 10.1 Å². The Kier molecular flexibility index (Phi) is 5.54. The summed E-state index contributed by atoms with van der Waals surface area (Å²) in [6.45, 7) is 5.22. The Labute approximate surface area is 122 Å². The van der Waals surface area contributed by atoms with E-state index in [0.717, 1.165) is 23.1 Å². The van der Waals surface area contributed by atoms with E-state index in [1.165, 1.54) is 17.9 Å². The third-order valence-electron chi connectivity index (χ3n) is 3.03. The van der Waals surface area contributed by atoms with Gasteiger partial charge in [0.15, 0.2) is 4.96 Å². The molecule has 19 heavy (non-hydrogen) atoms. The van der Waals surface area contributed by atoms with Crippen LogP contribution in [0, 0.1) is 0 Å². The number of nitrogens with zero attached hydrogens (tertiary/aromatic N) is 2. The van der Waals surface area contributed by atoms with Crippen LogP contribution in [0.15, 0.2) is 11.6 Å². The number of ether oxygens (including phenoxy) is 1. The van der Waals surface area contributed by atoms with E-state index in [2.05, 4.69) is 28.5 Å². The number of imidazole rings is 1. The van der Waals surface area contributed by atoms with Crippen LogP contribution in [0.2, 0.25) is 0 Å². The summed E-state index contributed by atoms with van der Waals surface area (Å²) >= 11 is 3.62. The fraction of sp³-hybridized carbons (Fsp3) is 0.615. The highest BCUT2D eigenvalue weighted by atomic mass is 32.2. The molecule has 0 aliphatic rings. The van der Waals surface area contributed by atoms with Gasteiger partial charge in [0.1, 0.15) is 5.69 Å². The molecule has 0 bridgehead atoms. The minimum atomic E-state index is 0.507. The molecular weight excluding hydrogens is 278 g/mol. The second-order valence-corrected chi connectivity index (χ2v) is 6.66. The summed E-state index contributed by atoms with van der Waals surface area (Å²) < 4.78 is 7.45. The number of rotatable bonds is 8. The SMILES string of the molecule is CCSCCC(C)NCc1c(OC)nc2sccn12. The van der Waals surface area contributed by atoms with Gasteiger partial charge in [0.25, 0.3) is 0 Å². The van der Waals surface area contributed by atoms with Crippen molar-refractivity contribution in [3.8, 4) is 5.88 Å². The van der Waals surface area contributed by atoms with Gasteiger partial charge in [-0.3, -0.25) is 4.40 Å². The van der Waals surface area contributed by atoms with E-state index in [4.69, 9.17) is 4.74 Å². The van der Waals surface area contributed by atoms with Crippen molar-refractivity contribution in [2.75, 3.05) is 18.6 Å². The average Bonchev–Trinajstić information content (AvgIpc) is 2.97. The minimum absolute atomic E-state index is 0.507. The first kappa shape index (κ1) is 14.7. The van der Waals surface area contributed by atoms with Crippen LogP contribution < -0.4 is 10.1 Å². The summed E-state index contributed by atoms with van der Waals surface area (Å²) in [4.78, 5) is 5.45. The lowest BCUT2D eigenvalue weighted by molar-refractivity contribution is 0.390. The Balaban J connectivity index is 1.94. The number of fused-ring (bicyclic) bond motifs is 1. The van der Waals surface area contributed by atoms with Crippen LogP contribution in [0.3, 0.4) is 0 Å². The quantitative estimate of drug-likeness (QED) is 0.761. The number of thioether (sulfide) groups is 1. The Morgan fingerprint density at radius 3 is 3.16 bits per heavy atom. The average molecular weight is 299 g/mol. The molecule has 2 rings (SSSR count). The zero-order valence-corrected chi connectivity index (χ0v) is 13.3. The van der Waals surface area contributed by atoms with Gasteiger partial charge in [-0.2, -0.15) is 16.7 Å². The second-order valence-electron chi connectivity index (χ2n) is 4.39. The highest BCUT2D eigenvalue weighted by Gasteiger charge is 2.14. The lowest BCUT2D eigenvalue weighted by Crippen LogP contribution is -2.26. The van der Waals surface area contributed by atoms with E-state index in [1.807, 2.05) is 23.3 Å². The van der Waals surface area contributed by atoms with Gasteiger partial charge >= 0.3 is 0 Å². The first-order valence-corrected chi connectivity index (χ1v) is 8.59. The summed E-state index contributed by atoms with van der Waals surface area (Å²) in [5.74, 6) is 3.13. The van der Waals surface area contributed by atoms with Crippen molar-refractivity contribution in [2.24, 2.45) is 0 Å². The van der Waals surface area contributed by atoms with E-state index in [1.54, 1.807) is 18.4 Å². The lowest BCUT2D eigenvalue weighted by atomic mass is 10.2. The maximum absolute atomic E-state index is 5.35. The van der Waals surface area contributed by atoms with Gasteiger partial charge in [-0.15, -0.1) is 11.3 Å². The Morgan fingerprint density at radius 1 is 1.58 bits per heavy atom. The summed E-state index contributed by atoms with van der Waals surface area (Å²) in [7, 11) is 1.68. The molecule has 1 unspecified atom stereocenters. The summed E-state index contributed by atoms with van der Waals surface area (Å²) in [5, 5.41) is 5.60. The monoisotopic (exact) mass is 299 g/mol. The fourth-order valence-electron chi connectivity index (χ4n) is 1.91. The predicted molar refractivity (Wildman–Crippen MR) is 83.5 cm³/mol. The van der Waals surface area contributed by atoms with E-state index in [9.17, 15) is 0 Å². The molecule has 0 spiro atoms. The predicted octanol–water partition coefficient (Wildman–Crippen LogP) is 3.03. The van der Waals surface area contributed by atoms with Gasteiger partial charge in [0, 0.05) is 24.2 Å². The highest BCUT2D eigenvalue weighted by Crippen LogP contribution is 2.23. The molecule has 2 aromatic heterocycles. The van der Waals surface area contributed by atoms with Crippen molar-refractivity contribution >= 4 is 28.1 Å². The van der Waals surface area contributed by atoms with Gasteiger partial charge in [-0.25, -0.2) is 0 Å². The topological polar surface area (TPSA) is 38.6 Å². The van der Waals surface area contributed by atoms with Crippen LogP contribution in [0.5, 0.6) is 5.88 Å². The molecule has 6 heteroatoms. The molecule has 0 fully saturated rings. The first-order chi connectivity index (χ1) is 9.26. The van der Waals surface area contributed by atoms with E-state index in [-0.39, 0.29) is 0 Å². The molecule has 0 aliphatic carbocycles. The number of nitrogens with one attached hydrogen (secondary N) is 1. The molecule has 0 amide bonds. The molecule has 1 N–H and O–H groups in total. The van der Waals surface area contributed by atoms with Crippen LogP contribution in [0.25, 0.3) is 4.96 Å². The van der Waals surface area contributed by atoms with Gasteiger partial charge in [-0.1, -0.05) is 6.92 Å². The van der Waals surface area contributed by atoms with Crippen LogP contribution in [0.4, 0.5) is 0 Å². The van der Waals surface area contributed by atoms with Gasteiger partial charge in [0.05, 0.1) is 7.11 Å². The molecule has 1 atom stereocenters. The molecule has 0 saturated carbocycles.